The van der Waals surface area contributed by atoms with Crippen molar-refractivity contribution in [2.75, 3.05) is 13.2 Å². The van der Waals surface area contributed by atoms with Crippen LogP contribution in [0.15, 0.2) is 85.1 Å². The summed E-state index contributed by atoms with van der Waals surface area (Å²) < 4.78 is 17.0. The maximum Gasteiger partial charge on any atom is 0.306 e. The van der Waals surface area contributed by atoms with Gasteiger partial charge in [0, 0.05) is 19.3 Å². The molecule has 1 atom stereocenters. The van der Waals surface area contributed by atoms with E-state index in [0.29, 0.717) is 19.3 Å². The van der Waals surface area contributed by atoms with Crippen LogP contribution in [0.5, 0.6) is 0 Å². The molecule has 0 aromatic carbocycles. The lowest BCUT2D eigenvalue weighted by atomic mass is 10.0. The summed E-state index contributed by atoms with van der Waals surface area (Å²) in [7, 11) is 0. The fraction of sp³-hybridized carbons (Fsp3) is 0.779. The summed E-state index contributed by atoms with van der Waals surface area (Å²) in [6.07, 6.45) is 94.8. The summed E-state index contributed by atoms with van der Waals surface area (Å²) in [5.74, 6) is -0.880. The standard InChI is InChI=1S/C77H136O6/c1-4-7-10-13-16-19-22-25-28-30-31-32-33-34-35-36-37-38-39-40-41-42-43-44-45-47-49-52-55-58-61-64-67-70-76(79)82-73-74(72-81-75(78)69-66-63-60-57-54-51-48-27-24-21-18-15-12-9-6-3)83-77(80)71-68-65-62-59-56-53-50-46-29-26-23-20-17-14-11-8-5-2/h8,11,17,20,22,25-27,29-31,33-34,48,74H,4-7,9-10,12-16,18-19,21,23-24,28,32,35-47,49-73H2,1-3H3/b11-8-,20-17-,25-22-,29-26-,31-30-,34-33-,48-27-. The van der Waals surface area contributed by atoms with Gasteiger partial charge in [-0.15, -0.1) is 0 Å². The number of unbranched alkanes of at least 4 members (excludes halogenated alkanes) is 41. The number of rotatable bonds is 66. The molecule has 0 rings (SSSR count). The molecule has 0 fully saturated rings. The van der Waals surface area contributed by atoms with E-state index in [4.69, 9.17) is 14.2 Å². The van der Waals surface area contributed by atoms with E-state index in [1.807, 2.05) is 0 Å². The molecule has 0 aliphatic rings. The van der Waals surface area contributed by atoms with Crippen LogP contribution in [0.4, 0.5) is 0 Å². The van der Waals surface area contributed by atoms with Crippen molar-refractivity contribution in [3.63, 3.8) is 0 Å². The average molecular weight is 1160 g/mol. The van der Waals surface area contributed by atoms with E-state index < -0.39 is 6.10 Å². The smallest absolute Gasteiger partial charge is 0.306 e. The van der Waals surface area contributed by atoms with Crippen molar-refractivity contribution < 1.29 is 28.6 Å². The number of hydrogen-bond acceptors (Lipinski definition) is 6. The third kappa shape index (κ3) is 69.3. The van der Waals surface area contributed by atoms with Crippen LogP contribution in [-0.2, 0) is 28.6 Å². The highest BCUT2D eigenvalue weighted by Gasteiger charge is 2.19. The highest BCUT2D eigenvalue weighted by molar-refractivity contribution is 5.71. The molecule has 480 valence electrons. The lowest BCUT2D eigenvalue weighted by molar-refractivity contribution is -0.167. The second-order valence-electron chi connectivity index (χ2n) is 24.1. The Bertz CT molecular complexity index is 1570. The van der Waals surface area contributed by atoms with Crippen molar-refractivity contribution in [3.05, 3.63) is 85.1 Å². The van der Waals surface area contributed by atoms with E-state index in [1.54, 1.807) is 0 Å². The van der Waals surface area contributed by atoms with Gasteiger partial charge in [0.1, 0.15) is 13.2 Å². The summed E-state index contributed by atoms with van der Waals surface area (Å²) in [5.41, 5.74) is 0. The number of carbonyl (C=O) groups excluding carboxylic acids is 3. The van der Waals surface area contributed by atoms with E-state index >= 15 is 0 Å². The predicted octanol–water partition coefficient (Wildman–Crippen LogP) is 25.0. The van der Waals surface area contributed by atoms with Crippen LogP contribution in [0, 0.1) is 0 Å². The zero-order valence-electron chi connectivity index (χ0n) is 55.2. The molecule has 0 saturated carbocycles. The van der Waals surface area contributed by atoms with Gasteiger partial charge >= 0.3 is 17.9 Å². The number of carbonyl (C=O) groups is 3. The molecular formula is C77H136O6. The molecule has 83 heavy (non-hydrogen) atoms. The first-order chi connectivity index (χ1) is 41.0. The Kier molecular flexibility index (Phi) is 68.2. The van der Waals surface area contributed by atoms with Gasteiger partial charge in [0.15, 0.2) is 6.10 Å². The lowest BCUT2D eigenvalue weighted by Crippen LogP contribution is -2.30. The maximum absolute atomic E-state index is 12.9. The van der Waals surface area contributed by atoms with Crippen LogP contribution >= 0.6 is 0 Å². The second-order valence-corrected chi connectivity index (χ2v) is 24.1. The molecular weight excluding hydrogens is 1020 g/mol. The fourth-order valence-corrected chi connectivity index (χ4v) is 10.5. The van der Waals surface area contributed by atoms with Gasteiger partial charge in [-0.05, 0) is 116 Å². The first kappa shape index (κ1) is 79.6. The summed E-state index contributed by atoms with van der Waals surface area (Å²) in [4.78, 5) is 38.4. The number of ether oxygens (including phenoxy) is 3. The van der Waals surface area contributed by atoms with Crippen LogP contribution in [0.3, 0.4) is 0 Å². The minimum atomic E-state index is -0.786. The van der Waals surface area contributed by atoms with Gasteiger partial charge in [0.2, 0.25) is 0 Å². The van der Waals surface area contributed by atoms with Gasteiger partial charge in [0.25, 0.3) is 0 Å². The number of esters is 3. The van der Waals surface area contributed by atoms with Crippen LogP contribution in [-0.4, -0.2) is 37.2 Å². The van der Waals surface area contributed by atoms with Gasteiger partial charge in [-0.3, -0.25) is 14.4 Å². The van der Waals surface area contributed by atoms with Gasteiger partial charge in [0.05, 0.1) is 0 Å². The molecule has 0 heterocycles. The average Bonchev–Trinajstić information content (AvgIpc) is 3.49. The summed E-state index contributed by atoms with van der Waals surface area (Å²) in [6.45, 7) is 6.54. The third-order valence-corrected chi connectivity index (χ3v) is 15.9. The zero-order valence-corrected chi connectivity index (χ0v) is 55.2. The number of allylic oxidation sites excluding steroid dienone is 14. The summed E-state index contributed by atoms with van der Waals surface area (Å²) in [5, 5.41) is 0. The largest absolute Gasteiger partial charge is 0.462 e. The highest BCUT2D eigenvalue weighted by atomic mass is 16.6. The van der Waals surface area contributed by atoms with Crippen molar-refractivity contribution in [3.8, 4) is 0 Å². The molecule has 0 spiro atoms. The molecule has 1 unspecified atom stereocenters. The van der Waals surface area contributed by atoms with Gasteiger partial charge in [-0.2, -0.15) is 0 Å². The summed E-state index contributed by atoms with van der Waals surface area (Å²) in [6, 6.07) is 0. The predicted molar refractivity (Wildman–Crippen MR) is 362 cm³/mol. The van der Waals surface area contributed by atoms with E-state index in [0.717, 1.165) is 103 Å². The second kappa shape index (κ2) is 71.1. The van der Waals surface area contributed by atoms with Crippen LogP contribution in [0.25, 0.3) is 0 Å². The van der Waals surface area contributed by atoms with Gasteiger partial charge in [-0.25, -0.2) is 0 Å². The molecule has 0 bridgehead atoms. The quantitative estimate of drug-likeness (QED) is 0.0261. The Labute approximate surface area is 515 Å². The molecule has 0 saturated heterocycles. The molecule has 0 amide bonds. The van der Waals surface area contributed by atoms with Crippen molar-refractivity contribution >= 4 is 17.9 Å². The zero-order chi connectivity index (χ0) is 59.9. The number of hydrogen-bond donors (Lipinski definition) is 0. The fourth-order valence-electron chi connectivity index (χ4n) is 10.5. The van der Waals surface area contributed by atoms with Crippen LogP contribution < -0.4 is 0 Å². The molecule has 0 aromatic heterocycles. The van der Waals surface area contributed by atoms with Gasteiger partial charge < -0.3 is 14.2 Å². The minimum absolute atomic E-state index is 0.0800. The monoisotopic (exact) mass is 1160 g/mol. The Morgan fingerprint density at radius 3 is 0.747 bits per heavy atom. The SMILES string of the molecule is CC/C=C\C/C=C\C/C=C\CCCCCCCCCC(=O)OC(COC(=O)CCCCCCC/C=C\CCCCCCCC)COC(=O)CCCCCCCCCCCCCCCCCCCC/C=C\C/C=C\C/C=C\CCCCCCC. The minimum Gasteiger partial charge on any atom is -0.462 e. The Balaban J connectivity index is 4.19. The van der Waals surface area contributed by atoms with Crippen LogP contribution in [0.2, 0.25) is 0 Å². The molecule has 0 N–H and O–H groups in total. The Morgan fingerprint density at radius 1 is 0.253 bits per heavy atom. The van der Waals surface area contributed by atoms with Crippen molar-refractivity contribution in [1.82, 2.24) is 0 Å². The molecule has 6 nitrogen and oxygen atoms in total. The molecule has 0 radical (unpaired) electrons. The Morgan fingerprint density at radius 2 is 0.470 bits per heavy atom. The van der Waals surface area contributed by atoms with E-state index in [9.17, 15) is 14.4 Å². The van der Waals surface area contributed by atoms with Gasteiger partial charge in [-0.1, -0.05) is 318 Å². The Hall–Kier alpha value is -3.41. The van der Waals surface area contributed by atoms with E-state index in [2.05, 4.69) is 106 Å². The normalized spacial score (nSPS) is 12.6. The first-order valence-electron chi connectivity index (χ1n) is 36.1. The summed E-state index contributed by atoms with van der Waals surface area (Å²) >= 11 is 0. The van der Waals surface area contributed by atoms with Crippen LogP contribution in [0.1, 0.15) is 367 Å². The molecule has 0 aliphatic carbocycles. The van der Waals surface area contributed by atoms with E-state index in [1.165, 1.54) is 225 Å². The van der Waals surface area contributed by atoms with Crippen molar-refractivity contribution in [1.29, 1.82) is 0 Å². The first-order valence-corrected chi connectivity index (χ1v) is 36.1. The van der Waals surface area contributed by atoms with E-state index in [-0.39, 0.29) is 31.1 Å². The maximum atomic E-state index is 12.9. The highest BCUT2D eigenvalue weighted by Crippen LogP contribution is 2.18. The topological polar surface area (TPSA) is 78.9 Å². The molecule has 0 aliphatic heterocycles. The molecule has 6 heteroatoms. The lowest BCUT2D eigenvalue weighted by Gasteiger charge is -2.18. The van der Waals surface area contributed by atoms with Crippen molar-refractivity contribution in [2.24, 2.45) is 0 Å². The molecule has 0 aromatic rings. The third-order valence-electron chi connectivity index (χ3n) is 15.9. The van der Waals surface area contributed by atoms with Crippen molar-refractivity contribution in [2.45, 2.75) is 374 Å².